The molecular formula is C8H16N4O4. The van der Waals surface area contributed by atoms with Crippen LogP contribution in [0, 0.1) is 0 Å². The van der Waals surface area contributed by atoms with E-state index in [4.69, 9.17) is 16.2 Å². The van der Waals surface area contributed by atoms with E-state index in [0.717, 1.165) is 0 Å². The van der Waals surface area contributed by atoms with Crippen molar-refractivity contribution in [3.8, 4) is 0 Å². The van der Waals surface area contributed by atoms with Crippen LogP contribution in [-0.2, 0) is 14.3 Å². The second-order valence-electron chi connectivity index (χ2n) is 3.05. The fourth-order valence-corrected chi connectivity index (χ4v) is 0.843. The number of hydrogen-bond acceptors (Lipinski definition) is 5. The number of carbonyl (C=O) groups is 3. The third-order valence-electron chi connectivity index (χ3n) is 1.58. The molecule has 8 nitrogen and oxygen atoms in total. The molecule has 0 radical (unpaired) electrons. The number of hydrogen-bond donors (Lipinski definition) is 4. The molecule has 0 rings (SSSR count). The average molecular weight is 232 g/mol. The Labute approximate surface area is 92.7 Å². The Hall–Kier alpha value is -1.67. The Morgan fingerprint density at radius 2 is 1.94 bits per heavy atom. The average Bonchev–Trinajstić information content (AvgIpc) is 2.15. The standard InChI is InChI=1S/C8H16N4O4/c1-5(7(14)12-8(10)15)11-2-3-16-4-6(9)13/h5,11H,2-4H2,1H3,(H2,9,13)(H3,10,12,14,15). The first-order chi connectivity index (χ1) is 7.43. The molecule has 1 unspecified atom stereocenters. The van der Waals surface area contributed by atoms with Crippen molar-refractivity contribution in [1.82, 2.24) is 10.6 Å². The van der Waals surface area contributed by atoms with Crippen molar-refractivity contribution in [1.29, 1.82) is 0 Å². The maximum Gasteiger partial charge on any atom is 0.318 e. The molecule has 0 bridgehead atoms. The third kappa shape index (κ3) is 7.71. The molecule has 92 valence electrons. The van der Waals surface area contributed by atoms with Crippen LogP contribution in [0.15, 0.2) is 0 Å². The highest BCUT2D eigenvalue weighted by Crippen LogP contribution is 1.81. The van der Waals surface area contributed by atoms with Gasteiger partial charge in [0.05, 0.1) is 12.6 Å². The second-order valence-corrected chi connectivity index (χ2v) is 3.05. The highest BCUT2D eigenvalue weighted by atomic mass is 16.5. The highest BCUT2D eigenvalue weighted by Gasteiger charge is 2.12. The maximum atomic E-state index is 11.1. The summed E-state index contributed by atoms with van der Waals surface area (Å²) in [7, 11) is 0. The largest absolute Gasteiger partial charge is 0.370 e. The molecule has 0 saturated carbocycles. The lowest BCUT2D eigenvalue weighted by Crippen LogP contribution is -2.47. The fourth-order valence-electron chi connectivity index (χ4n) is 0.843. The van der Waals surface area contributed by atoms with Gasteiger partial charge >= 0.3 is 6.03 Å². The van der Waals surface area contributed by atoms with Gasteiger partial charge < -0.3 is 21.5 Å². The van der Waals surface area contributed by atoms with E-state index in [0.29, 0.717) is 6.54 Å². The molecule has 0 spiro atoms. The lowest BCUT2D eigenvalue weighted by Gasteiger charge is -2.12. The number of imide groups is 1. The Kier molecular flexibility index (Phi) is 6.81. The van der Waals surface area contributed by atoms with Gasteiger partial charge in [-0.3, -0.25) is 14.9 Å². The quantitative estimate of drug-likeness (QED) is 0.365. The zero-order valence-corrected chi connectivity index (χ0v) is 8.99. The van der Waals surface area contributed by atoms with Gasteiger partial charge in [-0.1, -0.05) is 0 Å². The number of carbonyl (C=O) groups excluding carboxylic acids is 3. The van der Waals surface area contributed by atoms with E-state index in [1.807, 2.05) is 5.32 Å². The van der Waals surface area contributed by atoms with Crippen LogP contribution < -0.4 is 22.1 Å². The first-order valence-electron chi connectivity index (χ1n) is 4.63. The molecule has 0 aliphatic rings. The van der Waals surface area contributed by atoms with Crippen LogP contribution in [0.3, 0.4) is 0 Å². The van der Waals surface area contributed by atoms with E-state index in [1.165, 1.54) is 0 Å². The van der Waals surface area contributed by atoms with Crippen molar-refractivity contribution in [3.63, 3.8) is 0 Å². The Morgan fingerprint density at radius 1 is 1.31 bits per heavy atom. The summed E-state index contributed by atoms with van der Waals surface area (Å²) < 4.78 is 4.85. The van der Waals surface area contributed by atoms with Crippen molar-refractivity contribution in [3.05, 3.63) is 0 Å². The van der Waals surface area contributed by atoms with Crippen LogP contribution >= 0.6 is 0 Å². The van der Waals surface area contributed by atoms with E-state index in [-0.39, 0.29) is 13.2 Å². The molecule has 0 heterocycles. The van der Waals surface area contributed by atoms with Gasteiger partial charge in [-0.2, -0.15) is 0 Å². The molecule has 0 saturated heterocycles. The first-order valence-corrected chi connectivity index (χ1v) is 4.63. The molecule has 1 atom stereocenters. The molecule has 16 heavy (non-hydrogen) atoms. The number of nitrogens with two attached hydrogens (primary N) is 2. The van der Waals surface area contributed by atoms with Crippen molar-refractivity contribution in [2.45, 2.75) is 13.0 Å². The molecular weight excluding hydrogens is 216 g/mol. The number of rotatable bonds is 7. The van der Waals surface area contributed by atoms with Crippen LogP contribution in [0.2, 0.25) is 0 Å². The number of urea groups is 1. The Balaban J connectivity index is 3.57. The maximum absolute atomic E-state index is 11.1. The summed E-state index contributed by atoms with van der Waals surface area (Å²) >= 11 is 0. The minimum atomic E-state index is -0.899. The molecule has 6 N–H and O–H groups in total. The number of nitrogens with one attached hydrogen (secondary N) is 2. The predicted molar refractivity (Wildman–Crippen MR) is 55.2 cm³/mol. The minimum Gasteiger partial charge on any atom is -0.370 e. The fraction of sp³-hybridized carbons (Fsp3) is 0.625. The Morgan fingerprint density at radius 3 is 2.44 bits per heavy atom. The molecule has 8 heteroatoms. The summed E-state index contributed by atoms with van der Waals surface area (Å²) in [6, 6.07) is -1.48. The summed E-state index contributed by atoms with van der Waals surface area (Å²) in [5.74, 6) is -1.08. The monoisotopic (exact) mass is 232 g/mol. The highest BCUT2D eigenvalue weighted by molar-refractivity contribution is 5.96. The number of amides is 4. The smallest absolute Gasteiger partial charge is 0.318 e. The zero-order chi connectivity index (χ0) is 12.6. The molecule has 0 aromatic carbocycles. The van der Waals surface area contributed by atoms with Gasteiger partial charge in [0.2, 0.25) is 11.8 Å². The van der Waals surface area contributed by atoms with Gasteiger partial charge in [-0.25, -0.2) is 4.79 Å². The summed E-state index contributed by atoms with van der Waals surface area (Å²) in [4.78, 5) is 31.8. The van der Waals surface area contributed by atoms with Crippen molar-refractivity contribution < 1.29 is 19.1 Å². The predicted octanol–water partition coefficient (Wildman–Crippen LogP) is -2.34. The normalized spacial score (nSPS) is 11.8. The van der Waals surface area contributed by atoms with Gasteiger partial charge in [0, 0.05) is 6.54 Å². The molecule has 0 aromatic heterocycles. The van der Waals surface area contributed by atoms with Crippen LogP contribution in [-0.4, -0.2) is 43.6 Å². The summed E-state index contributed by atoms with van der Waals surface area (Å²) in [5, 5.41) is 4.69. The third-order valence-corrected chi connectivity index (χ3v) is 1.58. The second kappa shape index (κ2) is 7.60. The first kappa shape index (κ1) is 14.3. The topological polar surface area (TPSA) is 137 Å². The van der Waals surface area contributed by atoms with Gasteiger partial charge in [0.15, 0.2) is 0 Å². The minimum absolute atomic E-state index is 0.163. The van der Waals surface area contributed by atoms with E-state index < -0.39 is 23.9 Å². The van der Waals surface area contributed by atoms with Crippen molar-refractivity contribution in [2.75, 3.05) is 19.8 Å². The lowest BCUT2D eigenvalue weighted by molar-refractivity contribution is -0.123. The Bertz CT molecular complexity index is 269. The van der Waals surface area contributed by atoms with E-state index >= 15 is 0 Å². The molecule has 0 aliphatic heterocycles. The molecule has 0 aliphatic carbocycles. The summed E-state index contributed by atoms with van der Waals surface area (Å²) in [6.07, 6.45) is 0. The molecule has 4 amide bonds. The summed E-state index contributed by atoms with van der Waals surface area (Å²) in [5.41, 5.74) is 9.60. The number of ether oxygens (including phenoxy) is 1. The molecule has 0 fully saturated rings. The van der Waals surface area contributed by atoms with Gasteiger partial charge in [0.25, 0.3) is 0 Å². The molecule has 0 aromatic rings. The van der Waals surface area contributed by atoms with Gasteiger partial charge in [-0.05, 0) is 6.92 Å². The van der Waals surface area contributed by atoms with Crippen LogP contribution in [0.4, 0.5) is 4.79 Å². The van der Waals surface area contributed by atoms with Crippen molar-refractivity contribution in [2.24, 2.45) is 11.5 Å². The van der Waals surface area contributed by atoms with Gasteiger partial charge in [-0.15, -0.1) is 0 Å². The van der Waals surface area contributed by atoms with Crippen molar-refractivity contribution >= 4 is 17.8 Å². The van der Waals surface area contributed by atoms with E-state index in [1.54, 1.807) is 6.92 Å². The van der Waals surface area contributed by atoms with E-state index in [9.17, 15) is 14.4 Å². The van der Waals surface area contributed by atoms with Crippen LogP contribution in [0.5, 0.6) is 0 Å². The zero-order valence-electron chi connectivity index (χ0n) is 8.99. The SMILES string of the molecule is CC(NCCOCC(N)=O)C(=O)NC(N)=O. The summed E-state index contributed by atoms with van der Waals surface area (Å²) in [6.45, 7) is 1.98. The van der Waals surface area contributed by atoms with E-state index in [2.05, 4.69) is 5.32 Å². The van der Waals surface area contributed by atoms with Crippen LogP contribution in [0.1, 0.15) is 6.92 Å². The van der Waals surface area contributed by atoms with Gasteiger partial charge in [0.1, 0.15) is 6.61 Å². The lowest BCUT2D eigenvalue weighted by atomic mass is 10.3. The van der Waals surface area contributed by atoms with Crippen LogP contribution in [0.25, 0.3) is 0 Å². The number of primary amides is 2.